The molecule has 2 saturated heterocycles. The molecule has 8 heteroatoms. The summed E-state index contributed by atoms with van der Waals surface area (Å²) in [6.45, 7) is 8.30. The maximum Gasteiger partial charge on any atom is 0.214 e. The first-order valence-corrected chi connectivity index (χ1v) is 11.6. The van der Waals surface area contributed by atoms with E-state index in [-0.39, 0.29) is 0 Å². The van der Waals surface area contributed by atoms with Crippen molar-refractivity contribution >= 4 is 33.0 Å². The van der Waals surface area contributed by atoms with E-state index in [2.05, 4.69) is 21.7 Å². The Labute approximate surface area is 180 Å². The van der Waals surface area contributed by atoms with E-state index in [9.17, 15) is 0 Å². The molecule has 0 saturated carbocycles. The zero-order chi connectivity index (χ0) is 19.8. The third kappa shape index (κ3) is 4.28. The van der Waals surface area contributed by atoms with Crippen LogP contribution < -0.4 is 4.90 Å². The van der Waals surface area contributed by atoms with Crippen molar-refractivity contribution in [3.8, 4) is 11.3 Å². The predicted molar refractivity (Wildman–Crippen MR) is 120 cm³/mol. The number of fused-ring (bicyclic) bond motifs is 1. The van der Waals surface area contributed by atoms with Crippen LogP contribution in [0.3, 0.4) is 0 Å². The summed E-state index contributed by atoms with van der Waals surface area (Å²) in [5, 5.41) is 6.64. The molecule has 0 bridgehead atoms. The summed E-state index contributed by atoms with van der Waals surface area (Å²) in [6.07, 6.45) is 4.52. The Kier molecular flexibility index (Phi) is 5.47. The van der Waals surface area contributed by atoms with Gasteiger partial charge in [-0.2, -0.15) is 0 Å². The van der Waals surface area contributed by atoms with E-state index in [1.165, 1.54) is 45.6 Å². The van der Waals surface area contributed by atoms with Crippen LogP contribution in [0.4, 0.5) is 5.13 Å². The molecule has 2 fully saturated rings. The molecule has 3 aromatic rings. The molecule has 29 heavy (non-hydrogen) atoms. The smallest absolute Gasteiger partial charge is 0.214 e. The number of rotatable bonds is 4. The van der Waals surface area contributed by atoms with E-state index in [1.807, 2.05) is 35.0 Å². The molecule has 0 amide bonds. The lowest BCUT2D eigenvalue weighted by molar-refractivity contribution is 0.129. The average molecular weight is 431 g/mol. The molecule has 4 heterocycles. The number of halogens is 1. The van der Waals surface area contributed by atoms with E-state index in [1.54, 1.807) is 11.3 Å². The van der Waals surface area contributed by atoms with Crippen molar-refractivity contribution in [3.63, 3.8) is 0 Å². The van der Waals surface area contributed by atoms with Crippen LogP contribution in [0.2, 0.25) is 5.02 Å². The van der Waals surface area contributed by atoms with Crippen molar-refractivity contribution in [2.24, 2.45) is 5.92 Å². The second kappa shape index (κ2) is 8.22. The number of piperazine rings is 1. The van der Waals surface area contributed by atoms with Crippen LogP contribution in [-0.2, 0) is 0 Å². The van der Waals surface area contributed by atoms with Crippen LogP contribution in [-0.4, -0.2) is 77.3 Å². The first-order valence-electron chi connectivity index (χ1n) is 10.4. The van der Waals surface area contributed by atoms with Crippen molar-refractivity contribution in [1.29, 1.82) is 0 Å². The summed E-state index contributed by atoms with van der Waals surface area (Å²) >= 11 is 7.67. The van der Waals surface area contributed by atoms with Crippen LogP contribution >= 0.6 is 22.9 Å². The molecular formula is C21H27ClN6S. The standard InChI is InChI=1S/C21H27ClN6S/c1-25-10-12-26(13-11-25)14-16-6-8-27(9-7-16)21-24-28-15-19(23-20(28)29-21)17-2-4-18(22)5-3-17/h2-5,15-16H,6-14H2,1H3. The number of nitrogens with zero attached hydrogens (tertiary/aromatic N) is 6. The van der Waals surface area contributed by atoms with E-state index in [0.29, 0.717) is 0 Å². The maximum atomic E-state index is 5.99. The van der Waals surface area contributed by atoms with Crippen molar-refractivity contribution in [2.45, 2.75) is 12.8 Å². The van der Waals surface area contributed by atoms with Gasteiger partial charge in [-0.05, 0) is 37.9 Å². The zero-order valence-electron chi connectivity index (χ0n) is 16.8. The second-order valence-electron chi connectivity index (χ2n) is 8.28. The van der Waals surface area contributed by atoms with E-state index in [4.69, 9.17) is 21.7 Å². The Morgan fingerprint density at radius 1 is 1.03 bits per heavy atom. The summed E-state index contributed by atoms with van der Waals surface area (Å²) in [5.41, 5.74) is 2.01. The lowest BCUT2D eigenvalue weighted by atomic mass is 9.96. The Hall–Kier alpha value is -1.67. The van der Waals surface area contributed by atoms with Crippen molar-refractivity contribution in [2.75, 3.05) is 57.8 Å². The van der Waals surface area contributed by atoms with Crippen LogP contribution in [0.25, 0.3) is 16.2 Å². The van der Waals surface area contributed by atoms with Gasteiger partial charge in [-0.25, -0.2) is 9.50 Å². The SMILES string of the molecule is CN1CCN(CC2CCN(c3nn4cc(-c5ccc(Cl)cc5)nc4s3)CC2)CC1. The third-order valence-electron chi connectivity index (χ3n) is 6.17. The number of imidazole rings is 1. The molecule has 1 aromatic carbocycles. The van der Waals surface area contributed by atoms with Gasteiger partial charge >= 0.3 is 0 Å². The van der Waals surface area contributed by atoms with E-state index < -0.39 is 0 Å². The monoisotopic (exact) mass is 430 g/mol. The molecule has 2 aromatic heterocycles. The molecule has 0 aliphatic carbocycles. The fourth-order valence-electron chi connectivity index (χ4n) is 4.28. The quantitative estimate of drug-likeness (QED) is 0.632. The van der Waals surface area contributed by atoms with Gasteiger partial charge in [0.1, 0.15) is 0 Å². The first kappa shape index (κ1) is 19.3. The van der Waals surface area contributed by atoms with Gasteiger partial charge in [0, 0.05) is 56.4 Å². The summed E-state index contributed by atoms with van der Waals surface area (Å²) in [7, 11) is 2.22. The highest BCUT2D eigenvalue weighted by atomic mass is 35.5. The van der Waals surface area contributed by atoms with Gasteiger partial charge in [-0.15, -0.1) is 5.10 Å². The minimum atomic E-state index is 0.742. The number of anilines is 1. The predicted octanol–water partition coefficient (Wildman–Crippen LogP) is 3.58. The van der Waals surface area contributed by atoms with Crippen molar-refractivity contribution in [3.05, 3.63) is 35.5 Å². The molecular weight excluding hydrogens is 404 g/mol. The molecule has 154 valence electrons. The summed E-state index contributed by atoms with van der Waals surface area (Å²) < 4.78 is 1.92. The molecule has 6 nitrogen and oxygen atoms in total. The minimum Gasteiger partial charge on any atom is -0.347 e. The normalized spacial score (nSPS) is 20.0. The van der Waals surface area contributed by atoms with E-state index in [0.717, 1.165) is 45.4 Å². The van der Waals surface area contributed by atoms with Crippen LogP contribution in [0, 0.1) is 5.92 Å². The summed E-state index contributed by atoms with van der Waals surface area (Å²) in [4.78, 5) is 13.2. The fraction of sp³-hybridized carbons (Fsp3) is 0.524. The highest BCUT2D eigenvalue weighted by Crippen LogP contribution is 2.30. The highest BCUT2D eigenvalue weighted by Gasteiger charge is 2.25. The number of hydrogen-bond acceptors (Lipinski definition) is 6. The Morgan fingerprint density at radius 2 is 1.76 bits per heavy atom. The molecule has 5 rings (SSSR count). The minimum absolute atomic E-state index is 0.742. The topological polar surface area (TPSA) is 39.9 Å². The van der Waals surface area contributed by atoms with Gasteiger partial charge in [0.2, 0.25) is 10.1 Å². The summed E-state index contributed by atoms with van der Waals surface area (Å²) in [5.74, 6) is 0.815. The van der Waals surface area contributed by atoms with Gasteiger partial charge in [-0.3, -0.25) is 0 Å². The Bertz CT molecular complexity index is 920. The lowest BCUT2D eigenvalue weighted by Gasteiger charge is -2.37. The van der Waals surface area contributed by atoms with Gasteiger partial charge in [-0.1, -0.05) is 35.1 Å². The molecule has 2 aliphatic rings. The number of likely N-dealkylation sites (N-methyl/N-ethyl adjacent to an activating group) is 1. The van der Waals surface area contributed by atoms with Gasteiger partial charge < -0.3 is 14.7 Å². The van der Waals surface area contributed by atoms with Crippen LogP contribution in [0.1, 0.15) is 12.8 Å². The van der Waals surface area contributed by atoms with Gasteiger partial charge in [0.15, 0.2) is 0 Å². The van der Waals surface area contributed by atoms with Crippen molar-refractivity contribution < 1.29 is 0 Å². The molecule has 0 atom stereocenters. The van der Waals surface area contributed by atoms with Gasteiger partial charge in [0.25, 0.3) is 0 Å². The zero-order valence-corrected chi connectivity index (χ0v) is 18.4. The van der Waals surface area contributed by atoms with Crippen LogP contribution in [0.15, 0.2) is 30.5 Å². The van der Waals surface area contributed by atoms with Crippen LogP contribution in [0.5, 0.6) is 0 Å². The van der Waals surface area contributed by atoms with Crippen molar-refractivity contribution in [1.82, 2.24) is 24.4 Å². The number of aromatic nitrogens is 3. The number of piperidine rings is 1. The molecule has 0 N–H and O–H groups in total. The maximum absolute atomic E-state index is 5.99. The average Bonchev–Trinajstić information content (AvgIpc) is 3.30. The molecule has 2 aliphatic heterocycles. The summed E-state index contributed by atoms with van der Waals surface area (Å²) in [6, 6.07) is 7.80. The highest BCUT2D eigenvalue weighted by molar-refractivity contribution is 7.20. The fourth-order valence-corrected chi connectivity index (χ4v) is 5.34. The Morgan fingerprint density at radius 3 is 2.45 bits per heavy atom. The van der Waals surface area contributed by atoms with E-state index >= 15 is 0 Å². The molecule has 0 spiro atoms. The Balaban J connectivity index is 1.20. The van der Waals surface area contributed by atoms with Gasteiger partial charge in [0.05, 0.1) is 11.9 Å². The molecule has 0 unspecified atom stereocenters. The second-order valence-corrected chi connectivity index (χ2v) is 9.65. The number of hydrogen-bond donors (Lipinski definition) is 0. The largest absolute Gasteiger partial charge is 0.347 e. The first-order chi connectivity index (χ1) is 14.1. The third-order valence-corrected chi connectivity index (χ3v) is 7.41. The lowest BCUT2D eigenvalue weighted by Crippen LogP contribution is -2.47. The molecule has 0 radical (unpaired) electrons. The number of benzene rings is 1.